The van der Waals surface area contributed by atoms with E-state index < -0.39 is 0 Å². The lowest BCUT2D eigenvalue weighted by Crippen LogP contribution is -1.92. The van der Waals surface area contributed by atoms with Gasteiger partial charge >= 0.3 is 0 Å². The zero-order valence-corrected chi connectivity index (χ0v) is 13.6. The topological polar surface area (TPSA) is 51.8 Å². The Bertz CT molecular complexity index is 746. The first kappa shape index (κ1) is 14.7. The average molecular weight is 309 g/mol. The number of thiazole rings is 1. The van der Waals surface area contributed by atoms with Crippen LogP contribution in [0.5, 0.6) is 0 Å². The molecule has 3 aromatic rings. The molecule has 3 rings (SSSR count). The van der Waals surface area contributed by atoms with Crippen LogP contribution in [0.4, 0.5) is 5.13 Å². The summed E-state index contributed by atoms with van der Waals surface area (Å²) < 4.78 is 0. The highest BCUT2D eigenvalue weighted by molar-refractivity contribution is 7.15. The average Bonchev–Trinajstić information content (AvgIpc) is 2.89. The molecule has 0 amide bonds. The minimum absolute atomic E-state index is 0.553. The molecule has 4 heteroatoms. The summed E-state index contributed by atoms with van der Waals surface area (Å²) in [5.74, 6) is 0.553. The third-order valence-electron chi connectivity index (χ3n) is 3.63. The van der Waals surface area contributed by atoms with Gasteiger partial charge in [0.2, 0.25) is 0 Å². The third-order valence-corrected chi connectivity index (χ3v) is 4.52. The Labute approximate surface area is 134 Å². The Hall–Kier alpha value is -2.20. The lowest BCUT2D eigenvalue weighted by Gasteiger charge is -2.07. The summed E-state index contributed by atoms with van der Waals surface area (Å²) in [7, 11) is 0. The normalized spacial score (nSPS) is 11.0. The van der Waals surface area contributed by atoms with E-state index in [4.69, 9.17) is 5.73 Å². The lowest BCUT2D eigenvalue weighted by molar-refractivity contribution is 0.865. The number of pyridine rings is 1. The van der Waals surface area contributed by atoms with Crippen molar-refractivity contribution in [1.82, 2.24) is 9.97 Å². The largest absolute Gasteiger partial charge is 0.375 e. The van der Waals surface area contributed by atoms with Crippen molar-refractivity contribution in [2.24, 2.45) is 0 Å². The van der Waals surface area contributed by atoms with Gasteiger partial charge in [-0.1, -0.05) is 44.2 Å². The van der Waals surface area contributed by atoms with Crippen molar-refractivity contribution in [3.05, 3.63) is 64.7 Å². The minimum atomic E-state index is 0.553. The van der Waals surface area contributed by atoms with E-state index in [2.05, 4.69) is 48.1 Å². The van der Waals surface area contributed by atoms with Crippen molar-refractivity contribution in [2.75, 3.05) is 5.73 Å². The molecule has 2 heterocycles. The van der Waals surface area contributed by atoms with Crippen molar-refractivity contribution in [1.29, 1.82) is 0 Å². The Morgan fingerprint density at radius 1 is 1.09 bits per heavy atom. The van der Waals surface area contributed by atoms with Crippen LogP contribution in [0, 0.1) is 0 Å². The zero-order valence-electron chi connectivity index (χ0n) is 12.8. The summed E-state index contributed by atoms with van der Waals surface area (Å²) in [6.45, 7) is 4.41. The predicted octanol–water partition coefficient (Wildman–Crippen LogP) is 4.50. The number of nitrogens with zero attached hydrogens (tertiary/aromatic N) is 2. The summed E-state index contributed by atoms with van der Waals surface area (Å²) in [6.07, 6.45) is 2.62. The maximum absolute atomic E-state index is 5.91. The highest BCUT2D eigenvalue weighted by Gasteiger charge is 2.13. The van der Waals surface area contributed by atoms with Crippen molar-refractivity contribution in [3.63, 3.8) is 0 Å². The summed E-state index contributed by atoms with van der Waals surface area (Å²) >= 11 is 1.54. The predicted molar refractivity (Wildman–Crippen MR) is 93.1 cm³/mol. The molecule has 0 fully saturated rings. The molecule has 112 valence electrons. The van der Waals surface area contributed by atoms with Gasteiger partial charge in [0.1, 0.15) is 5.69 Å². The highest BCUT2D eigenvalue weighted by Crippen LogP contribution is 2.30. The number of nitrogens with two attached hydrogens (primary N) is 1. The molecular weight excluding hydrogens is 290 g/mol. The van der Waals surface area contributed by atoms with Gasteiger partial charge in [0, 0.05) is 17.5 Å². The summed E-state index contributed by atoms with van der Waals surface area (Å²) in [6, 6.07) is 14.6. The van der Waals surface area contributed by atoms with Crippen LogP contribution in [0.2, 0.25) is 0 Å². The van der Waals surface area contributed by atoms with Crippen LogP contribution in [-0.2, 0) is 6.42 Å². The Morgan fingerprint density at radius 2 is 1.86 bits per heavy atom. The van der Waals surface area contributed by atoms with Crippen LogP contribution in [0.25, 0.3) is 11.4 Å². The molecule has 0 aliphatic heterocycles. The fourth-order valence-electron chi connectivity index (χ4n) is 2.40. The van der Waals surface area contributed by atoms with Gasteiger partial charge in [0.25, 0.3) is 0 Å². The quantitative estimate of drug-likeness (QED) is 0.772. The van der Waals surface area contributed by atoms with Gasteiger partial charge in [0.05, 0.1) is 5.69 Å². The molecule has 2 N–H and O–H groups in total. The van der Waals surface area contributed by atoms with E-state index in [-0.39, 0.29) is 0 Å². The smallest absolute Gasteiger partial charge is 0.180 e. The number of benzene rings is 1. The van der Waals surface area contributed by atoms with Gasteiger partial charge in [-0.25, -0.2) is 4.98 Å². The van der Waals surface area contributed by atoms with Crippen LogP contribution in [0.3, 0.4) is 0 Å². The van der Waals surface area contributed by atoms with Gasteiger partial charge in [-0.3, -0.25) is 4.98 Å². The van der Waals surface area contributed by atoms with E-state index >= 15 is 0 Å². The molecule has 0 spiro atoms. The molecule has 0 atom stereocenters. The van der Waals surface area contributed by atoms with Crippen molar-refractivity contribution in [2.45, 2.75) is 26.2 Å². The van der Waals surface area contributed by atoms with Crippen LogP contribution < -0.4 is 5.73 Å². The SMILES string of the molecule is CC(C)c1ccc(Cc2sc(N)nc2-c2ccccn2)cc1. The first-order valence-corrected chi connectivity index (χ1v) is 8.20. The molecule has 22 heavy (non-hydrogen) atoms. The maximum atomic E-state index is 5.91. The highest BCUT2D eigenvalue weighted by atomic mass is 32.1. The molecule has 0 aliphatic rings. The molecule has 2 aromatic heterocycles. The van der Waals surface area contributed by atoms with Crippen LogP contribution >= 0.6 is 11.3 Å². The fraction of sp³-hybridized carbons (Fsp3) is 0.222. The molecule has 3 nitrogen and oxygen atoms in total. The van der Waals surface area contributed by atoms with E-state index in [1.54, 1.807) is 17.5 Å². The molecule has 0 unspecified atom stereocenters. The molecule has 0 aliphatic carbocycles. The van der Waals surface area contributed by atoms with Gasteiger partial charge in [0.15, 0.2) is 5.13 Å². The van der Waals surface area contributed by atoms with Crippen LogP contribution in [0.15, 0.2) is 48.7 Å². The second kappa shape index (κ2) is 6.28. The third kappa shape index (κ3) is 3.17. The first-order chi connectivity index (χ1) is 10.6. The second-order valence-corrected chi connectivity index (χ2v) is 6.73. The van der Waals surface area contributed by atoms with E-state index in [1.165, 1.54) is 11.1 Å². The van der Waals surface area contributed by atoms with Crippen molar-refractivity contribution < 1.29 is 0 Å². The van der Waals surface area contributed by atoms with Crippen molar-refractivity contribution in [3.8, 4) is 11.4 Å². The number of nitrogen functional groups attached to an aromatic ring is 1. The standard InChI is InChI=1S/C18H19N3S/c1-12(2)14-8-6-13(7-9-14)11-16-17(21-18(19)22-16)15-5-3-4-10-20-15/h3-10,12H,11H2,1-2H3,(H2,19,21). The summed E-state index contributed by atoms with van der Waals surface area (Å²) in [4.78, 5) is 10.0. The Balaban J connectivity index is 1.89. The number of hydrogen-bond acceptors (Lipinski definition) is 4. The molecule has 0 radical (unpaired) electrons. The number of aromatic nitrogens is 2. The number of anilines is 1. The van der Waals surface area contributed by atoms with Gasteiger partial charge in [-0.05, 0) is 29.2 Å². The van der Waals surface area contributed by atoms with Crippen LogP contribution in [-0.4, -0.2) is 9.97 Å². The second-order valence-electron chi connectivity index (χ2n) is 5.61. The summed E-state index contributed by atoms with van der Waals surface area (Å²) in [5, 5.41) is 0.592. The van der Waals surface area contributed by atoms with Gasteiger partial charge in [-0.2, -0.15) is 0 Å². The Kier molecular flexibility index (Phi) is 4.20. The molecule has 0 saturated heterocycles. The number of hydrogen-bond donors (Lipinski definition) is 1. The van der Waals surface area contributed by atoms with E-state index in [9.17, 15) is 0 Å². The first-order valence-electron chi connectivity index (χ1n) is 7.39. The van der Waals surface area contributed by atoms with Gasteiger partial charge < -0.3 is 5.73 Å². The van der Waals surface area contributed by atoms with Gasteiger partial charge in [-0.15, -0.1) is 11.3 Å². The number of rotatable bonds is 4. The molecular formula is C18H19N3S. The van der Waals surface area contributed by atoms with E-state index in [0.29, 0.717) is 11.0 Å². The summed E-state index contributed by atoms with van der Waals surface area (Å²) in [5.41, 5.74) is 10.3. The van der Waals surface area contributed by atoms with E-state index in [0.717, 1.165) is 22.7 Å². The lowest BCUT2D eigenvalue weighted by atomic mass is 10.0. The molecule has 1 aromatic carbocycles. The van der Waals surface area contributed by atoms with E-state index in [1.807, 2.05) is 18.2 Å². The monoisotopic (exact) mass is 309 g/mol. The maximum Gasteiger partial charge on any atom is 0.180 e. The van der Waals surface area contributed by atoms with Crippen LogP contribution in [0.1, 0.15) is 35.8 Å². The minimum Gasteiger partial charge on any atom is -0.375 e. The molecule has 0 saturated carbocycles. The van der Waals surface area contributed by atoms with Crippen molar-refractivity contribution >= 4 is 16.5 Å². The Morgan fingerprint density at radius 3 is 2.50 bits per heavy atom. The fourth-order valence-corrected chi connectivity index (χ4v) is 3.27. The zero-order chi connectivity index (χ0) is 15.5. The molecule has 0 bridgehead atoms.